The smallest absolute Gasteiger partial charge is 0.191 e. The molecule has 22 heavy (non-hydrogen) atoms. The summed E-state index contributed by atoms with van der Waals surface area (Å²) in [4.78, 5) is 10.2. The first-order valence-electron chi connectivity index (χ1n) is 8.46. The third kappa shape index (κ3) is 5.27. The summed E-state index contributed by atoms with van der Waals surface area (Å²) in [5.41, 5.74) is 1.14. The molecule has 0 saturated heterocycles. The monoisotopic (exact) mass is 322 g/mol. The lowest BCUT2D eigenvalue weighted by Crippen LogP contribution is -2.38. The first-order chi connectivity index (χ1) is 10.6. The Hall–Kier alpha value is -1.10. The first-order valence-corrected chi connectivity index (χ1v) is 9.27. The molecule has 4 nitrogen and oxygen atoms in total. The Balaban J connectivity index is 1.69. The van der Waals surface area contributed by atoms with Crippen LogP contribution in [0.25, 0.3) is 0 Å². The molecule has 1 aromatic heterocycles. The van der Waals surface area contributed by atoms with E-state index < -0.39 is 0 Å². The molecule has 1 saturated carbocycles. The quantitative estimate of drug-likeness (QED) is 0.643. The lowest BCUT2D eigenvalue weighted by molar-refractivity contribution is 0.270. The molecule has 0 amide bonds. The summed E-state index contributed by atoms with van der Waals surface area (Å²) in [5, 5.41) is 7.92. The Bertz CT molecular complexity index is 475. The van der Waals surface area contributed by atoms with Gasteiger partial charge >= 0.3 is 0 Å². The topological polar surface area (TPSA) is 49.3 Å². The van der Waals surface area contributed by atoms with Gasteiger partial charge in [0.1, 0.15) is 5.01 Å². The fraction of sp³-hybridized carbons (Fsp3) is 0.765. The SMILES string of the molecule is CN=C(NCCC1CCCC(C)C1)NCc1nc(C)c(C)s1. The van der Waals surface area contributed by atoms with E-state index in [-0.39, 0.29) is 0 Å². The molecule has 1 fully saturated rings. The zero-order chi connectivity index (χ0) is 15.9. The third-order valence-electron chi connectivity index (χ3n) is 4.59. The van der Waals surface area contributed by atoms with E-state index in [0.29, 0.717) is 0 Å². The van der Waals surface area contributed by atoms with Crippen LogP contribution < -0.4 is 10.6 Å². The van der Waals surface area contributed by atoms with E-state index in [9.17, 15) is 0 Å². The third-order valence-corrected chi connectivity index (χ3v) is 5.67. The molecule has 2 N–H and O–H groups in total. The number of hydrogen-bond acceptors (Lipinski definition) is 3. The molecule has 5 heteroatoms. The molecule has 1 aromatic rings. The van der Waals surface area contributed by atoms with E-state index in [1.807, 2.05) is 7.05 Å². The molecular formula is C17H30N4S. The predicted octanol–water partition coefficient (Wildman–Crippen LogP) is 3.64. The van der Waals surface area contributed by atoms with Gasteiger partial charge in [-0.25, -0.2) is 4.98 Å². The van der Waals surface area contributed by atoms with Crippen LogP contribution in [0, 0.1) is 25.7 Å². The minimum Gasteiger partial charge on any atom is -0.356 e. The standard InChI is InChI=1S/C17H30N4S/c1-12-6-5-7-15(10-12)8-9-19-17(18-4)20-11-16-21-13(2)14(3)22-16/h12,15H,5-11H2,1-4H3,(H2,18,19,20). The van der Waals surface area contributed by atoms with E-state index in [1.54, 1.807) is 11.3 Å². The zero-order valence-electron chi connectivity index (χ0n) is 14.4. The van der Waals surface area contributed by atoms with Crippen LogP contribution in [0.15, 0.2) is 4.99 Å². The van der Waals surface area contributed by atoms with Crippen molar-refractivity contribution in [2.24, 2.45) is 16.8 Å². The average molecular weight is 323 g/mol. The molecule has 1 aliphatic rings. The van der Waals surface area contributed by atoms with Gasteiger partial charge in [0.2, 0.25) is 0 Å². The first kappa shape index (κ1) is 17.3. The highest BCUT2D eigenvalue weighted by Gasteiger charge is 2.18. The van der Waals surface area contributed by atoms with Gasteiger partial charge in [0.15, 0.2) is 5.96 Å². The summed E-state index contributed by atoms with van der Waals surface area (Å²) in [5.74, 6) is 2.68. The lowest BCUT2D eigenvalue weighted by Gasteiger charge is -2.26. The van der Waals surface area contributed by atoms with E-state index in [0.717, 1.165) is 41.6 Å². The van der Waals surface area contributed by atoms with E-state index in [4.69, 9.17) is 0 Å². The maximum atomic E-state index is 4.55. The van der Waals surface area contributed by atoms with Gasteiger partial charge in [-0.15, -0.1) is 11.3 Å². The number of aliphatic imine (C=N–C) groups is 1. The highest BCUT2D eigenvalue weighted by atomic mass is 32.1. The van der Waals surface area contributed by atoms with E-state index in [1.165, 1.54) is 37.0 Å². The summed E-state index contributed by atoms with van der Waals surface area (Å²) < 4.78 is 0. The Kier molecular flexibility index (Phi) is 6.68. The average Bonchev–Trinajstić information content (AvgIpc) is 2.81. The number of aryl methyl sites for hydroxylation is 2. The second kappa shape index (κ2) is 8.51. The van der Waals surface area contributed by atoms with E-state index >= 15 is 0 Å². The van der Waals surface area contributed by atoms with Gasteiger partial charge in [0, 0.05) is 18.5 Å². The molecule has 124 valence electrons. The molecule has 2 rings (SSSR count). The predicted molar refractivity (Wildman–Crippen MR) is 95.5 cm³/mol. The van der Waals surface area contributed by atoms with Gasteiger partial charge in [-0.3, -0.25) is 4.99 Å². The fourth-order valence-electron chi connectivity index (χ4n) is 3.21. The molecule has 2 atom stereocenters. The number of nitrogens with one attached hydrogen (secondary N) is 2. The molecule has 0 bridgehead atoms. The van der Waals surface area contributed by atoms with Crippen molar-refractivity contribution in [1.82, 2.24) is 15.6 Å². The van der Waals surface area contributed by atoms with Crippen LogP contribution in [0.4, 0.5) is 0 Å². The molecule has 0 spiro atoms. The number of hydrogen-bond donors (Lipinski definition) is 2. The van der Waals surface area contributed by atoms with Gasteiger partial charge in [-0.05, 0) is 38.5 Å². The van der Waals surface area contributed by atoms with Crippen LogP contribution in [0.1, 0.15) is 54.6 Å². The Morgan fingerprint density at radius 3 is 2.77 bits per heavy atom. The van der Waals surface area contributed by atoms with Crippen LogP contribution in [-0.4, -0.2) is 24.5 Å². The van der Waals surface area contributed by atoms with Gasteiger partial charge in [-0.2, -0.15) is 0 Å². The molecule has 0 aromatic carbocycles. The number of guanidine groups is 1. The van der Waals surface area contributed by atoms with Crippen molar-refractivity contribution in [3.63, 3.8) is 0 Å². The maximum absolute atomic E-state index is 4.55. The van der Waals surface area contributed by atoms with Crippen molar-refractivity contribution in [3.8, 4) is 0 Å². The van der Waals surface area contributed by atoms with Crippen molar-refractivity contribution in [1.29, 1.82) is 0 Å². The van der Waals surface area contributed by atoms with Gasteiger partial charge in [0.25, 0.3) is 0 Å². The van der Waals surface area contributed by atoms with Crippen LogP contribution in [0.3, 0.4) is 0 Å². The van der Waals surface area contributed by atoms with Crippen molar-refractivity contribution < 1.29 is 0 Å². The van der Waals surface area contributed by atoms with Gasteiger partial charge in [0.05, 0.1) is 12.2 Å². The number of aromatic nitrogens is 1. The second-order valence-corrected chi connectivity index (χ2v) is 7.82. The molecular weight excluding hydrogens is 292 g/mol. The highest BCUT2D eigenvalue weighted by Crippen LogP contribution is 2.30. The van der Waals surface area contributed by atoms with Crippen LogP contribution in [0.5, 0.6) is 0 Å². The Labute approximate surface area is 138 Å². The van der Waals surface area contributed by atoms with Crippen molar-refractivity contribution >= 4 is 17.3 Å². The number of thiazole rings is 1. The second-order valence-electron chi connectivity index (χ2n) is 6.53. The minimum absolute atomic E-state index is 0.749. The maximum Gasteiger partial charge on any atom is 0.191 e. The largest absolute Gasteiger partial charge is 0.356 e. The summed E-state index contributed by atoms with van der Waals surface area (Å²) in [6, 6.07) is 0. The molecule has 1 aliphatic carbocycles. The summed E-state index contributed by atoms with van der Waals surface area (Å²) in [6.07, 6.45) is 6.86. The summed E-state index contributed by atoms with van der Waals surface area (Å²) in [6.45, 7) is 8.33. The zero-order valence-corrected chi connectivity index (χ0v) is 15.2. The lowest BCUT2D eigenvalue weighted by atomic mass is 9.81. The van der Waals surface area contributed by atoms with Gasteiger partial charge < -0.3 is 10.6 Å². The minimum atomic E-state index is 0.749. The van der Waals surface area contributed by atoms with Crippen LogP contribution in [-0.2, 0) is 6.54 Å². The van der Waals surface area contributed by atoms with Gasteiger partial charge in [-0.1, -0.05) is 26.2 Å². The van der Waals surface area contributed by atoms with Crippen molar-refractivity contribution in [2.75, 3.05) is 13.6 Å². The molecule has 2 unspecified atom stereocenters. The molecule has 0 radical (unpaired) electrons. The summed E-state index contributed by atoms with van der Waals surface area (Å²) >= 11 is 1.76. The van der Waals surface area contributed by atoms with Crippen molar-refractivity contribution in [3.05, 3.63) is 15.6 Å². The Morgan fingerprint density at radius 2 is 2.14 bits per heavy atom. The normalized spacial score (nSPS) is 22.6. The Morgan fingerprint density at radius 1 is 1.32 bits per heavy atom. The number of rotatable bonds is 5. The van der Waals surface area contributed by atoms with Crippen LogP contribution >= 0.6 is 11.3 Å². The highest BCUT2D eigenvalue weighted by molar-refractivity contribution is 7.11. The van der Waals surface area contributed by atoms with Crippen LogP contribution in [0.2, 0.25) is 0 Å². The molecule has 0 aliphatic heterocycles. The summed E-state index contributed by atoms with van der Waals surface area (Å²) in [7, 11) is 1.83. The molecule has 1 heterocycles. The number of nitrogens with zero attached hydrogens (tertiary/aromatic N) is 2. The van der Waals surface area contributed by atoms with Crippen molar-refractivity contribution in [2.45, 2.75) is 59.4 Å². The van der Waals surface area contributed by atoms with E-state index in [2.05, 4.69) is 41.4 Å². The fourth-order valence-corrected chi connectivity index (χ4v) is 4.09.